The number of hydrogen-bond acceptors (Lipinski definition) is 1. The SMILES string of the molecule is Cc1cc2c3c(c1)c1c(n3CCC2)CCN(C)C1. The molecular weight excluding hydrogens is 220 g/mol. The zero-order valence-corrected chi connectivity index (χ0v) is 11.3. The van der Waals surface area contributed by atoms with Gasteiger partial charge in [0.25, 0.3) is 0 Å². The van der Waals surface area contributed by atoms with Crippen LogP contribution in [0.2, 0.25) is 0 Å². The van der Waals surface area contributed by atoms with Crippen molar-refractivity contribution in [2.45, 2.75) is 39.3 Å². The van der Waals surface area contributed by atoms with E-state index >= 15 is 0 Å². The van der Waals surface area contributed by atoms with Crippen molar-refractivity contribution >= 4 is 10.9 Å². The van der Waals surface area contributed by atoms with E-state index in [1.54, 1.807) is 22.3 Å². The quantitative estimate of drug-likeness (QED) is 0.687. The normalized spacial score (nSPS) is 19.2. The van der Waals surface area contributed by atoms with Crippen LogP contribution in [-0.2, 0) is 25.9 Å². The molecule has 0 fully saturated rings. The van der Waals surface area contributed by atoms with E-state index in [0.29, 0.717) is 0 Å². The van der Waals surface area contributed by atoms with Crippen LogP contribution in [0, 0.1) is 6.92 Å². The highest BCUT2D eigenvalue weighted by Gasteiger charge is 2.25. The van der Waals surface area contributed by atoms with Gasteiger partial charge in [-0.05, 0) is 44.0 Å². The minimum absolute atomic E-state index is 1.13. The van der Waals surface area contributed by atoms with Crippen LogP contribution in [-0.4, -0.2) is 23.1 Å². The van der Waals surface area contributed by atoms with E-state index in [-0.39, 0.29) is 0 Å². The lowest BCUT2D eigenvalue weighted by molar-refractivity contribution is 0.309. The fourth-order valence-corrected chi connectivity index (χ4v) is 3.83. The zero-order valence-electron chi connectivity index (χ0n) is 11.3. The van der Waals surface area contributed by atoms with Crippen LogP contribution >= 0.6 is 0 Å². The van der Waals surface area contributed by atoms with E-state index in [2.05, 4.69) is 35.6 Å². The molecule has 0 saturated heterocycles. The van der Waals surface area contributed by atoms with Gasteiger partial charge in [-0.3, -0.25) is 0 Å². The van der Waals surface area contributed by atoms with Gasteiger partial charge >= 0.3 is 0 Å². The van der Waals surface area contributed by atoms with Crippen molar-refractivity contribution in [3.8, 4) is 0 Å². The molecule has 3 heterocycles. The first-order valence-corrected chi connectivity index (χ1v) is 7.06. The maximum Gasteiger partial charge on any atom is 0.0518 e. The Morgan fingerprint density at radius 2 is 2.00 bits per heavy atom. The molecule has 0 saturated carbocycles. The molecular formula is C16H20N2. The molecule has 1 aromatic carbocycles. The third-order valence-electron chi connectivity index (χ3n) is 4.59. The number of fused-ring (bicyclic) bond motifs is 3. The van der Waals surface area contributed by atoms with E-state index < -0.39 is 0 Å². The van der Waals surface area contributed by atoms with E-state index in [1.165, 1.54) is 43.3 Å². The highest BCUT2D eigenvalue weighted by molar-refractivity contribution is 5.89. The Kier molecular flexibility index (Phi) is 2.13. The molecule has 2 aliphatic heterocycles. The Bertz CT molecular complexity index is 636. The summed E-state index contributed by atoms with van der Waals surface area (Å²) in [6.45, 7) is 5.80. The van der Waals surface area contributed by atoms with Gasteiger partial charge in [-0.1, -0.05) is 11.6 Å². The summed E-state index contributed by atoms with van der Waals surface area (Å²) in [4.78, 5) is 2.45. The fraction of sp³-hybridized carbons (Fsp3) is 0.500. The monoisotopic (exact) mass is 240 g/mol. The van der Waals surface area contributed by atoms with Crippen molar-refractivity contribution in [1.29, 1.82) is 0 Å². The lowest BCUT2D eigenvalue weighted by Crippen LogP contribution is -2.27. The second kappa shape index (κ2) is 3.61. The van der Waals surface area contributed by atoms with E-state index in [0.717, 1.165) is 6.54 Å². The Morgan fingerprint density at radius 3 is 2.89 bits per heavy atom. The van der Waals surface area contributed by atoms with E-state index in [1.807, 2.05) is 0 Å². The van der Waals surface area contributed by atoms with Gasteiger partial charge in [-0.25, -0.2) is 0 Å². The smallest absolute Gasteiger partial charge is 0.0518 e. The first-order valence-electron chi connectivity index (χ1n) is 7.06. The predicted molar refractivity (Wildman–Crippen MR) is 75.0 cm³/mol. The third kappa shape index (κ3) is 1.33. The molecule has 1 aromatic heterocycles. The molecule has 2 aliphatic rings. The van der Waals surface area contributed by atoms with Crippen molar-refractivity contribution in [2.24, 2.45) is 0 Å². The van der Waals surface area contributed by atoms with E-state index in [9.17, 15) is 0 Å². The summed E-state index contributed by atoms with van der Waals surface area (Å²) >= 11 is 0. The van der Waals surface area contributed by atoms with Crippen LogP contribution < -0.4 is 0 Å². The van der Waals surface area contributed by atoms with Gasteiger partial charge in [0.2, 0.25) is 0 Å². The molecule has 0 aliphatic carbocycles. The average Bonchev–Trinajstić information content (AvgIpc) is 2.65. The maximum atomic E-state index is 2.62. The molecule has 18 heavy (non-hydrogen) atoms. The Morgan fingerprint density at radius 1 is 1.11 bits per heavy atom. The summed E-state index contributed by atoms with van der Waals surface area (Å²) in [5, 5.41) is 1.53. The standard InChI is InChI=1S/C16H20N2/c1-11-8-12-4-3-6-18-15-5-7-17(2)10-14(15)13(9-11)16(12)18/h8-9H,3-7,10H2,1-2H3. The van der Waals surface area contributed by atoms with Gasteiger partial charge in [0, 0.05) is 37.1 Å². The maximum absolute atomic E-state index is 2.62. The summed E-state index contributed by atoms with van der Waals surface area (Å²) < 4.78 is 2.62. The molecule has 2 nitrogen and oxygen atoms in total. The molecule has 2 aromatic rings. The predicted octanol–water partition coefficient (Wildman–Crippen LogP) is 2.88. The molecule has 0 atom stereocenters. The van der Waals surface area contributed by atoms with Crippen molar-refractivity contribution in [3.63, 3.8) is 0 Å². The van der Waals surface area contributed by atoms with Crippen LogP contribution in [0.4, 0.5) is 0 Å². The second-order valence-electron chi connectivity index (χ2n) is 5.99. The minimum atomic E-state index is 1.13. The molecule has 94 valence electrons. The van der Waals surface area contributed by atoms with Crippen molar-refractivity contribution in [2.75, 3.05) is 13.6 Å². The van der Waals surface area contributed by atoms with Gasteiger partial charge in [0.15, 0.2) is 0 Å². The number of aromatic nitrogens is 1. The van der Waals surface area contributed by atoms with Gasteiger partial charge < -0.3 is 9.47 Å². The summed E-state index contributed by atoms with van der Waals surface area (Å²) in [5.41, 5.74) is 7.77. The third-order valence-corrected chi connectivity index (χ3v) is 4.59. The van der Waals surface area contributed by atoms with Gasteiger partial charge in [-0.15, -0.1) is 0 Å². The summed E-state index contributed by atoms with van der Waals surface area (Å²) in [5.74, 6) is 0. The molecule has 0 N–H and O–H groups in total. The van der Waals surface area contributed by atoms with Crippen molar-refractivity contribution in [1.82, 2.24) is 9.47 Å². The largest absolute Gasteiger partial charge is 0.344 e. The highest BCUT2D eigenvalue weighted by atomic mass is 15.1. The van der Waals surface area contributed by atoms with E-state index in [4.69, 9.17) is 0 Å². The topological polar surface area (TPSA) is 8.17 Å². The second-order valence-corrected chi connectivity index (χ2v) is 5.99. The number of hydrogen-bond donors (Lipinski definition) is 0. The molecule has 0 unspecified atom stereocenters. The van der Waals surface area contributed by atoms with Crippen LogP contribution in [0.25, 0.3) is 10.9 Å². The Labute approximate surface area is 108 Å². The number of likely N-dealkylation sites (N-methyl/N-ethyl adjacent to an activating group) is 1. The molecule has 0 amide bonds. The average molecular weight is 240 g/mol. The zero-order chi connectivity index (χ0) is 12.3. The first-order chi connectivity index (χ1) is 8.74. The summed E-state index contributed by atoms with van der Waals surface area (Å²) in [7, 11) is 2.24. The molecule has 0 bridgehead atoms. The first kappa shape index (κ1) is 10.6. The number of nitrogens with zero attached hydrogens (tertiary/aromatic N) is 2. The van der Waals surface area contributed by atoms with Gasteiger partial charge in [0.1, 0.15) is 0 Å². The lowest BCUT2D eigenvalue weighted by Gasteiger charge is -2.24. The van der Waals surface area contributed by atoms with Crippen molar-refractivity contribution < 1.29 is 0 Å². The van der Waals surface area contributed by atoms with Gasteiger partial charge in [-0.2, -0.15) is 0 Å². The lowest BCUT2D eigenvalue weighted by atomic mass is 9.99. The highest BCUT2D eigenvalue weighted by Crippen LogP contribution is 2.36. The summed E-state index contributed by atoms with van der Waals surface area (Å²) in [6, 6.07) is 4.80. The number of aryl methyl sites for hydroxylation is 3. The molecule has 4 rings (SSSR count). The fourth-order valence-electron chi connectivity index (χ4n) is 3.83. The van der Waals surface area contributed by atoms with Crippen LogP contribution in [0.5, 0.6) is 0 Å². The summed E-state index contributed by atoms with van der Waals surface area (Å²) in [6.07, 6.45) is 3.79. The molecule has 0 spiro atoms. The van der Waals surface area contributed by atoms with Crippen molar-refractivity contribution in [3.05, 3.63) is 34.5 Å². The molecule has 0 radical (unpaired) electrons. The van der Waals surface area contributed by atoms with Crippen LogP contribution in [0.1, 0.15) is 28.8 Å². The number of benzene rings is 1. The minimum Gasteiger partial charge on any atom is -0.344 e. The molecule has 2 heteroatoms. The van der Waals surface area contributed by atoms with Crippen LogP contribution in [0.3, 0.4) is 0 Å². The van der Waals surface area contributed by atoms with Gasteiger partial charge in [0.05, 0.1) is 5.52 Å². The Balaban J connectivity index is 2.10. The van der Waals surface area contributed by atoms with Crippen LogP contribution in [0.15, 0.2) is 12.1 Å². The Hall–Kier alpha value is -1.28. The number of rotatable bonds is 0.